The van der Waals surface area contributed by atoms with Gasteiger partial charge in [-0.3, -0.25) is 4.99 Å². The third kappa shape index (κ3) is 8.35. The molecule has 0 bridgehead atoms. The van der Waals surface area contributed by atoms with E-state index in [4.69, 9.17) is 16.6 Å². The van der Waals surface area contributed by atoms with Crippen molar-refractivity contribution >= 4 is 38.7 Å². The summed E-state index contributed by atoms with van der Waals surface area (Å²) in [7, 11) is -0.962. The van der Waals surface area contributed by atoms with Crippen molar-refractivity contribution in [1.29, 1.82) is 0 Å². The van der Waals surface area contributed by atoms with Crippen molar-refractivity contribution in [2.24, 2.45) is 10.4 Å². The average molecular weight is 394 g/mol. The van der Waals surface area contributed by atoms with Gasteiger partial charge in [-0.15, -0.1) is 11.3 Å². The first-order valence-electron chi connectivity index (χ1n) is 7.94. The van der Waals surface area contributed by atoms with Gasteiger partial charge in [0.2, 0.25) is 0 Å². The minimum atomic E-state index is -2.95. The van der Waals surface area contributed by atoms with Crippen LogP contribution >= 0.6 is 22.9 Å². The summed E-state index contributed by atoms with van der Waals surface area (Å²) < 4.78 is 23.5. The molecule has 1 rings (SSSR count). The highest BCUT2D eigenvalue weighted by molar-refractivity contribution is 7.90. The smallest absolute Gasteiger partial charge is 0.194 e. The molecule has 5 nitrogen and oxygen atoms in total. The molecule has 0 saturated heterocycles. The first-order valence-corrected chi connectivity index (χ1v) is 11.2. The number of aliphatic imine (C=N–C) groups is 1. The maximum atomic E-state index is 11.4. The van der Waals surface area contributed by atoms with Crippen molar-refractivity contribution in [2.75, 3.05) is 32.1 Å². The first kappa shape index (κ1) is 21.3. The zero-order valence-corrected chi connectivity index (χ0v) is 17.5. The second-order valence-electron chi connectivity index (χ2n) is 6.78. The number of sulfone groups is 1. The van der Waals surface area contributed by atoms with Crippen LogP contribution in [0.2, 0.25) is 4.34 Å². The fourth-order valence-electron chi connectivity index (χ4n) is 2.04. The van der Waals surface area contributed by atoms with Gasteiger partial charge in [-0.25, -0.2) is 8.42 Å². The molecular formula is C16H28ClN3O2S2. The van der Waals surface area contributed by atoms with Crippen LogP contribution < -0.4 is 5.32 Å². The highest BCUT2D eigenvalue weighted by atomic mass is 35.5. The van der Waals surface area contributed by atoms with Gasteiger partial charge in [-0.1, -0.05) is 25.4 Å². The molecular weight excluding hydrogens is 366 g/mol. The average Bonchev–Trinajstić information content (AvgIpc) is 2.86. The number of hydrogen-bond donors (Lipinski definition) is 1. The molecule has 0 aromatic carbocycles. The number of nitrogens with one attached hydrogen (secondary N) is 1. The summed E-state index contributed by atoms with van der Waals surface area (Å²) in [6, 6.07) is 3.91. The number of thiophene rings is 1. The SMILES string of the molecule is CCNC(=NCC(C)(C)CCS(C)(=O)=O)N(C)Cc1ccc(Cl)s1. The predicted octanol–water partition coefficient (Wildman–Crippen LogP) is 3.26. The van der Waals surface area contributed by atoms with Gasteiger partial charge in [0.25, 0.3) is 0 Å². The van der Waals surface area contributed by atoms with Gasteiger partial charge in [0.1, 0.15) is 9.84 Å². The van der Waals surface area contributed by atoms with Gasteiger partial charge in [-0.2, -0.15) is 0 Å². The summed E-state index contributed by atoms with van der Waals surface area (Å²) in [5.41, 5.74) is -0.170. The molecule has 1 N–H and O–H groups in total. The minimum absolute atomic E-state index is 0.170. The van der Waals surface area contributed by atoms with Gasteiger partial charge < -0.3 is 10.2 Å². The van der Waals surface area contributed by atoms with Crippen LogP contribution in [-0.2, 0) is 16.4 Å². The van der Waals surface area contributed by atoms with E-state index in [1.54, 1.807) is 11.3 Å². The molecule has 1 aromatic rings. The van der Waals surface area contributed by atoms with Crippen LogP contribution in [0.3, 0.4) is 0 Å². The van der Waals surface area contributed by atoms with E-state index in [1.807, 2.05) is 40.0 Å². The van der Waals surface area contributed by atoms with Gasteiger partial charge >= 0.3 is 0 Å². The van der Waals surface area contributed by atoms with E-state index < -0.39 is 9.84 Å². The van der Waals surface area contributed by atoms with E-state index in [0.717, 1.165) is 23.4 Å². The Morgan fingerprint density at radius 1 is 1.42 bits per heavy atom. The van der Waals surface area contributed by atoms with E-state index >= 15 is 0 Å². The predicted molar refractivity (Wildman–Crippen MR) is 105 cm³/mol. The Morgan fingerprint density at radius 3 is 2.58 bits per heavy atom. The zero-order valence-electron chi connectivity index (χ0n) is 15.1. The standard InChI is InChI=1S/C16H28ClN3O2S2/c1-6-18-15(20(4)11-13-7-8-14(17)23-13)19-12-16(2,3)9-10-24(5,21)22/h7-8H,6,9-12H2,1-5H3,(H,18,19). The topological polar surface area (TPSA) is 61.8 Å². The van der Waals surface area contributed by atoms with E-state index in [1.165, 1.54) is 11.1 Å². The molecule has 0 atom stereocenters. The van der Waals surface area contributed by atoms with Gasteiger partial charge in [0, 0.05) is 31.3 Å². The summed E-state index contributed by atoms with van der Waals surface area (Å²) in [5.74, 6) is 1.00. The van der Waals surface area contributed by atoms with Crippen LogP contribution in [0.25, 0.3) is 0 Å². The molecule has 1 heterocycles. The third-order valence-electron chi connectivity index (χ3n) is 3.52. The van der Waals surface area contributed by atoms with E-state index in [-0.39, 0.29) is 11.2 Å². The molecule has 24 heavy (non-hydrogen) atoms. The van der Waals surface area contributed by atoms with Crippen molar-refractivity contribution in [3.63, 3.8) is 0 Å². The maximum Gasteiger partial charge on any atom is 0.194 e. The lowest BCUT2D eigenvalue weighted by molar-refractivity contribution is 0.361. The van der Waals surface area contributed by atoms with Crippen molar-refractivity contribution in [2.45, 2.75) is 33.7 Å². The highest BCUT2D eigenvalue weighted by Gasteiger charge is 2.20. The molecule has 0 aliphatic carbocycles. The molecule has 138 valence electrons. The Hall–Kier alpha value is -0.790. The summed E-state index contributed by atoms with van der Waals surface area (Å²) in [5, 5.41) is 3.28. The van der Waals surface area contributed by atoms with Crippen molar-refractivity contribution in [3.05, 3.63) is 21.3 Å². The fraction of sp³-hybridized carbons (Fsp3) is 0.688. The molecule has 0 unspecified atom stereocenters. The molecule has 0 aliphatic heterocycles. The van der Waals surface area contributed by atoms with Crippen LogP contribution in [0.5, 0.6) is 0 Å². The number of halogens is 1. The second-order valence-corrected chi connectivity index (χ2v) is 10.8. The lowest BCUT2D eigenvalue weighted by Crippen LogP contribution is -2.39. The second kappa shape index (κ2) is 9.06. The largest absolute Gasteiger partial charge is 0.357 e. The fourth-order valence-corrected chi connectivity index (χ4v) is 4.11. The Morgan fingerprint density at radius 2 is 2.08 bits per heavy atom. The van der Waals surface area contributed by atoms with Crippen LogP contribution in [-0.4, -0.2) is 51.4 Å². The lowest BCUT2D eigenvalue weighted by Gasteiger charge is -2.25. The lowest BCUT2D eigenvalue weighted by atomic mass is 9.90. The normalized spacial score (nSPS) is 13.2. The van der Waals surface area contributed by atoms with Crippen LogP contribution in [0.15, 0.2) is 17.1 Å². The number of nitrogens with zero attached hydrogens (tertiary/aromatic N) is 2. The van der Waals surface area contributed by atoms with Gasteiger partial charge in [0.15, 0.2) is 5.96 Å². The minimum Gasteiger partial charge on any atom is -0.357 e. The molecule has 8 heteroatoms. The molecule has 0 amide bonds. The zero-order chi connectivity index (χ0) is 18.4. The Balaban J connectivity index is 2.72. The number of guanidine groups is 1. The Labute approximate surface area is 155 Å². The third-order valence-corrected chi connectivity index (χ3v) is 5.69. The number of rotatable bonds is 8. The molecule has 0 spiro atoms. The van der Waals surface area contributed by atoms with Crippen LogP contribution in [0.1, 0.15) is 32.1 Å². The number of hydrogen-bond acceptors (Lipinski definition) is 4. The van der Waals surface area contributed by atoms with E-state index in [2.05, 4.69) is 10.2 Å². The highest BCUT2D eigenvalue weighted by Crippen LogP contribution is 2.23. The van der Waals surface area contributed by atoms with Crippen molar-refractivity contribution in [3.8, 4) is 0 Å². The summed E-state index contributed by atoms with van der Waals surface area (Å²) in [6.45, 7) is 8.19. The van der Waals surface area contributed by atoms with E-state index in [0.29, 0.717) is 13.0 Å². The first-order chi connectivity index (χ1) is 11.0. The van der Waals surface area contributed by atoms with Crippen molar-refractivity contribution in [1.82, 2.24) is 10.2 Å². The summed E-state index contributed by atoms with van der Waals surface area (Å²) in [6.07, 6.45) is 1.87. The molecule has 0 saturated carbocycles. The van der Waals surface area contributed by atoms with Crippen LogP contribution in [0.4, 0.5) is 0 Å². The van der Waals surface area contributed by atoms with E-state index in [9.17, 15) is 8.42 Å². The van der Waals surface area contributed by atoms with Gasteiger partial charge in [-0.05, 0) is 30.9 Å². The Kier molecular flexibility index (Phi) is 8.02. The van der Waals surface area contributed by atoms with Crippen LogP contribution in [0, 0.1) is 5.41 Å². The molecule has 0 aliphatic rings. The molecule has 0 fully saturated rings. The maximum absolute atomic E-state index is 11.4. The summed E-state index contributed by atoms with van der Waals surface area (Å²) >= 11 is 7.54. The molecule has 1 aromatic heterocycles. The Bertz CT molecular complexity index is 654. The summed E-state index contributed by atoms with van der Waals surface area (Å²) in [4.78, 5) is 7.92. The monoisotopic (exact) mass is 393 g/mol. The van der Waals surface area contributed by atoms with Gasteiger partial charge in [0.05, 0.1) is 16.6 Å². The molecule has 0 radical (unpaired) electrons. The quantitative estimate of drug-likeness (QED) is 0.544. The van der Waals surface area contributed by atoms with Crippen molar-refractivity contribution < 1.29 is 8.42 Å².